The summed E-state index contributed by atoms with van der Waals surface area (Å²) in [5, 5.41) is 0. The SMILES string of the molecule is COC(OC)c1ccccc1C=CCC=O. The molecular weight excluding hydrogens is 204 g/mol. The molecule has 0 aliphatic carbocycles. The summed E-state index contributed by atoms with van der Waals surface area (Å²) in [4.78, 5) is 10.2. The zero-order valence-electron chi connectivity index (χ0n) is 9.55. The number of carbonyl (C=O) groups is 1. The number of rotatable bonds is 6. The molecule has 3 nitrogen and oxygen atoms in total. The van der Waals surface area contributed by atoms with Crippen LogP contribution in [0.1, 0.15) is 23.8 Å². The average Bonchev–Trinajstić information content (AvgIpc) is 2.33. The van der Waals surface area contributed by atoms with E-state index >= 15 is 0 Å². The van der Waals surface area contributed by atoms with Crippen molar-refractivity contribution >= 4 is 12.4 Å². The highest BCUT2D eigenvalue weighted by Gasteiger charge is 2.11. The zero-order valence-corrected chi connectivity index (χ0v) is 9.55. The Hall–Kier alpha value is -1.45. The van der Waals surface area contributed by atoms with Crippen LogP contribution in [0.25, 0.3) is 6.08 Å². The van der Waals surface area contributed by atoms with Crippen molar-refractivity contribution in [3.05, 3.63) is 41.5 Å². The highest BCUT2D eigenvalue weighted by molar-refractivity contribution is 5.59. The minimum atomic E-state index is -0.378. The monoisotopic (exact) mass is 220 g/mol. The molecule has 0 atom stereocenters. The number of ether oxygens (including phenoxy) is 2. The van der Waals surface area contributed by atoms with Crippen LogP contribution in [0.5, 0.6) is 0 Å². The topological polar surface area (TPSA) is 35.5 Å². The summed E-state index contributed by atoms with van der Waals surface area (Å²) in [6.45, 7) is 0. The Labute approximate surface area is 95.7 Å². The van der Waals surface area contributed by atoms with Crippen molar-refractivity contribution in [2.24, 2.45) is 0 Å². The molecule has 1 aromatic rings. The zero-order chi connectivity index (χ0) is 11.8. The van der Waals surface area contributed by atoms with Crippen molar-refractivity contribution < 1.29 is 14.3 Å². The lowest BCUT2D eigenvalue weighted by atomic mass is 10.1. The lowest BCUT2D eigenvalue weighted by molar-refractivity contribution is -0.107. The average molecular weight is 220 g/mol. The number of benzene rings is 1. The summed E-state index contributed by atoms with van der Waals surface area (Å²) in [5.74, 6) is 0. The summed E-state index contributed by atoms with van der Waals surface area (Å²) >= 11 is 0. The minimum Gasteiger partial charge on any atom is -0.352 e. The second kappa shape index (κ2) is 6.93. The molecule has 0 spiro atoms. The first-order chi connectivity index (χ1) is 7.83. The van der Waals surface area contributed by atoms with Crippen LogP contribution in [0, 0.1) is 0 Å². The highest BCUT2D eigenvalue weighted by atomic mass is 16.7. The molecular formula is C13H16O3. The predicted octanol–water partition coefficient (Wildman–Crippen LogP) is 2.58. The van der Waals surface area contributed by atoms with Crippen LogP contribution in [0.4, 0.5) is 0 Å². The molecule has 0 saturated carbocycles. The molecule has 0 radical (unpaired) electrons. The van der Waals surface area contributed by atoms with Crippen molar-refractivity contribution in [3.63, 3.8) is 0 Å². The third-order valence-corrected chi connectivity index (χ3v) is 2.21. The molecule has 3 heteroatoms. The Morgan fingerprint density at radius 1 is 1.25 bits per heavy atom. The highest BCUT2D eigenvalue weighted by Crippen LogP contribution is 2.22. The Morgan fingerprint density at radius 2 is 1.94 bits per heavy atom. The molecule has 16 heavy (non-hydrogen) atoms. The van der Waals surface area contributed by atoms with Crippen LogP contribution in [0.15, 0.2) is 30.3 Å². The standard InChI is InChI=1S/C13H16O3/c1-15-13(16-2)12-9-4-3-7-11(12)8-5-6-10-14/h3-5,7-10,13H,6H2,1-2H3. The third-order valence-electron chi connectivity index (χ3n) is 2.21. The summed E-state index contributed by atoms with van der Waals surface area (Å²) < 4.78 is 10.4. The Balaban J connectivity index is 2.94. The van der Waals surface area contributed by atoms with Crippen LogP contribution in [0.3, 0.4) is 0 Å². The van der Waals surface area contributed by atoms with Gasteiger partial charge in [0.05, 0.1) is 0 Å². The van der Waals surface area contributed by atoms with Crippen molar-refractivity contribution in [3.8, 4) is 0 Å². The van der Waals surface area contributed by atoms with E-state index in [1.54, 1.807) is 14.2 Å². The van der Waals surface area contributed by atoms with E-state index in [1.807, 2.05) is 36.4 Å². The molecule has 0 aliphatic heterocycles. The van der Waals surface area contributed by atoms with Gasteiger partial charge in [-0.25, -0.2) is 0 Å². The van der Waals surface area contributed by atoms with E-state index in [0.29, 0.717) is 6.42 Å². The molecule has 0 amide bonds. The summed E-state index contributed by atoms with van der Waals surface area (Å²) in [7, 11) is 3.19. The van der Waals surface area contributed by atoms with Gasteiger partial charge in [-0.3, -0.25) is 0 Å². The van der Waals surface area contributed by atoms with E-state index in [-0.39, 0.29) is 6.29 Å². The van der Waals surface area contributed by atoms with Gasteiger partial charge < -0.3 is 14.3 Å². The Kier molecular flexibility index (Phi) is 5.46. The van der Waals surface area contributed by atoms with Gasteiger partial charge in [0.1, 0.15) is 6.29 Å². The van der Waals surface area contributed by atoms with Gasteiger partial charge in [0.25, 0.3) is 0 Å². The van der Waals surface area contributed by atoms with Gasteiger partial charge >= 0.3 is 0 Å². The first-order valence-corrected chi connectivity index (χ1v) is 5.08. The first kappa shape index (κ1) is 12.6. The second-order valence-corrected chi connectivity index (χ2v) is 3.24. The fourth-order valence-corrected chi connectivity index (χ4v) is 1.48. The maximum Gasteiger partial charge on any atom is 0.183 e. The van der Waals surface area contributed by atoms with Crippen molar-refractivity contribution in [2.75, 3.05) is 14.2 Å². The molecule has 0 heterocycles. The quantitative estimate of drug-likeness (QED) is 0.546. The van der Waals surface area contributed by atoms with Gasteiger partial charge in [0.15, 0.2) is 6.29 Å². The number of hydrogen-bond donors (Lipinski definition) is 0. The number of aldehydes is 1. The van der Waals surface area contributed by atoms with Crippen LogP contribution in [0.2, 0.25) is 0 Å². The Morgan fingerprint density at radius 3 is 2.56 bits per heavy atom. The molecule has 0 bridgehead atoms. The fourth-order valence-electron chi connectivity index (χ4n) is 1.48. The molecule has 1 rings (SSSR count). The van der Waals surface area contributed by atoms with Crippen molar-refractivity contribution in [1.29, 1.82) is 0 Å². The largest absolute Gasteiger partial charge is 0.352 e. The van der Waals surface area contributed by atoms with E-state index in [4.69, 9.17) is 9.47 Å². The maximum atomic E-state index is 10.2. The van der Waals surface area contributed by atoms with Crippen molar-refractivity contribution in [2.45, 2.75) is 12.7 Å². The molecule has 0 saturated heterocycles. The van der Waals surface area contributed by atoms with Crippen molar-refractivity contribution in [1.82, 2.24) is 0 Å². The molecule has 0 N–H and O–H groups in total. The molecule has 0 fully saturated rings. The van der Waals surface area contributed by atoms with Gasteiger partial charge in [-0.1, -0.05) is 36.4 Å². The third kappa shape index (κ3) is 3.29. The fraction of sp³-hybridized carbons (Fsp3) is 0.308. The molecule has 0 aromatic heterocycles. The number of carbonyl (C=O) groups excluding carboxylic acids is 1. The van der Waals surface area contributed by atoms with E-state index in [2.05, 4.69) is 0 Å². The first-order valence-electron chi connectivity index (χ1n) is 5.08. The number of methoxy groups -OCH3 is 2. The van der Waals surface area contributed by atoms with E-state index in [9.17, 15) is 4.79 Å². The van der Waals surface area contributed by atoms with Gasteiger partial charge in [0.2, 0.25) is 0 Å². The molecule has 1 aromatic carbocycles. The van der Waals surface area contributed by atoms with Gasteiger partial charge in [0, 0.05) is 26.2 Å². The lowest BCUT2D eigenvalue weighted by Gasteiger charge is -2.15. The van der Waals surface area contributed by atoms with Crippen LogP contribution in [-0.2, 0) is 14.3 Å². The normalized spacial score (nSPS) is 11.2. The van der Waals surface area contributed by atoms with Gasteiger partial charge in [-0.2, -0.15) is 0 Å². The summed E-state index contributed by atoms with van der Waals surface area (Å²) in [6, 6.07) is 7.77. The van der Waals surface area contributed by atoms with Gasteiger partial charge in [-0.05, 0) is 5.56 Å². The predicted molar refractivity (Wildman–Crippen MR) is 62.9 cm³/mol. The smallest absolute Gasteiger partial charge is 0.183 e. The van der Waals surface area contributed by atoms with E-state index < -0.39 is 0 Å². The summed E-state index contributed by atoms with van der Waals surface area (Å²) in [5.41, 5.74) is 1.95. The molecule has 0 unspecified atom stereocenters. The lowest BCUT2D eigenvalue weighted by Crippen LogP contribution is -2.05. The summed E-state index contributed by atoms with van der Waals surface area (Å²) in [6.07, 6.45) is 4.61. The van der Waals surface area contributed by atoms with E-state index in [0.717, 1.165) is 17.4 Å². The van der Waals surface area contributed by atoms with Crippen LogP contribution < -0.4 is 0 Å². The Bertz CT molecular complexity index is 354. The number of hydrogen-bond acceptors (Lipinski definition) is 3. The number of allylic oxidation sites excluding steroid dienone is 1. The minimum absolute atomic E-state index is 0.378. The van der Waals surface area contributed by atoms with Crippen LogP contribution >= 0.6 is 0 Å². The second-order valence-electron chi connectivity index (χ2n) is 3.24. The maximum absolute atomic E-state index is 10.2. The molecule has 0 aliphatic rings. The van der Waals surface area contributed by atoms with Crippen LogP contribution in [-0.4, -0.2) is 20.5 Å². The van der Waals surface area contributed by atoms with E-state index in [1.165, 1.54) is 0 Å². The van der Waals surface area contributed by atoms with Gasteiger partial charge in [-0.15, -0.1) is 0 Å². The molecule has 86 valence electrons.